The van der Waals surface area contributed by atoms with Crippen LogP contribution in [0.2, 0.25) is 0 Å². The molecule has 5 heteroatoms. The van der Waals surface area contributed by atoms with Crippen molar-refractivity contribution >= 4 is 23.2 Å². The lowest BCUT2D eigenvalue weighted by Crippen LogP contribution is -2.20. The number of nitrogens with one attached hydrogen (secondary N) is 2. The Bertz CT molecular complexity index is 651. The zero-order chi connectivity index (χ0) is 20.9. The van der Waals surface area contributed by atoms with Gasteiger partial charge in [0.25, 0.3) is 5.91 Å². The third-order valence-corrected chi connectivity index (χ3v) is 5.27. The number of rotatable bonds is 5. The van der Waals surface area contributed by atoms with Gasteiger partial charge >= 0.3 is 0 Å². The Hall–Kier alpha value is -2.17. The summed E-state index contributed by atoms with van der Waals surface area (Å²) in [5, 5.41) is 7.30. The van der Waals surface area contributed by atoms with Gasteiger partial charge < -0.3 is 5.32 Å². The summed E-state index contributed by atoms with van der Waals surface area (Å²) < 4.78 is 0. The van der Waals surface area contributed by atoms with Gasteiger partial charge in [-0.2, -0.15) is 5.10 Å². The molecule has 2 amide bonds. The molecule has 29 heavy (non-hydrogen) atoms. The molecule has 1 aromatic carbocycles. The lowest BCUT2D eigenvalue weighted by molar-refractivity contribution is -0.116. The summed E-state index contributed by atoms with van der Waals surface area (Å²) >= 11 is 0. The van der Waals surface area contributed by atoms with Crippen LogP contribution in [0.25, 0.3) is 0 Å². The molecule has 1 aliphatic carbocycles. The number of carbonyl (C=O) groups excluding carboxylic acids is 2. The maximum absolute atomic E-state index is 12.4. The molecule has 0 aliphatic heterocycles. The van der Waals surface area contributed by atoms with Crippen LogP contribution >= 0.6 is 0 Å². The molecule has 0 saturated heterocycles. The van der Waals surface area contributed by atoms with Crippen LogP contribution < -0.4 is 10.7 Å². The van der Waals surface area contributed by atoms with Crippen molar-refractivity contribution in [1.29, 1.82) is 0 Å². The zero-order valence-corrected chi connectivity index (χ0v) is 18.1. The fourth-order valence-corrected chi connectivity index (χ4v) is 3.61. The first-order chi connectivity index (χ1) is 14.0. The third kappa shape index (κ3) is 9.73. The van der Waals surface area contributed by atoms with Crippen molar-refractivity contribution in [2.24, 2.45) is 11.0 Å². The molecule has 2 rings (SSSR count). The zero-order valence-electron chi connectivity index (χ0n) is 18.1. The van der Waals surface area contributed by atoms with Crippen LogP contribution in [0, 0.1) is 5.92 Å². The molecule has 1 aliphatic rings. The molecular weight excluding hydrogens is 362 g/mol. The van der Waals surface area contributed by atoms with E-state index in [0.717, 1.165) is 31.4 Å². The first kappa shape index (κ1) is 23.1. The van der Waals surface area contributed by atoms with Gasteiger partial charge in [0, 0.05) is 23.4 Å². The number of hydrogen-bond donors (Lipinski definition) is 2. The second-order valence-electron chi connectivity index (χ2n) is 8.52. The maximum atomic E-state index is 12.4. The predicted molar refractivity (Wildman–Crippen MR) is 120 cm³/mol. The standard InChI is InChI=1S/C24H37N3O2/c1-19(2)18-23(28)25-21-16-14-20(15-17-21)24(29)27-26-22-12-10-8-6-4-3-5-7-9-11-13-22/h14-17,19H,3-13,18H2,1-2H3,(H,25,28)(H,27,29). The second kappa shape index (κ2) is 13.1. The number of benzene rings is 1. The number of anilines is 1. The van der Waals surface area contributed by atoms with E-state index in [9.17, 15) is 9.59 Å². The summed E-state index contributed by atoms with van der Waals surface area (Å²) in [6.45, 7) is 4.02. The lowest BCUT2D eigenvalue weighted by Gasteiger charge is -2.10. The average Bonchev–Trinajstić information content (AvgIpc) is 2.67. The molecule has 2 N–H and O–H groups in total. The molecule has 0 bridgehead atoms. The molecular formula is C24H37N3O2. The Morgan fingerprint density at radius 2 is 1.38 bits per heavy atom. The van der Waals surface area contributed by atoms with Crippen molar-refractivity contribution in [3.05, 3.63) is 29.8 Å². The lowest BCUT2D eigenvalue weighted by atomic mass is 10.00. The van der Waals surface area contributed by atoms with Crippen molar-refractivity contribution in [3.63, 3.8) is 0 Å². The number of nitrogens with zero attached hydrogens (tertiary/aromatic N) is 1. The quantitative estimate of drug-likeness (QED) is 0.591. The van der Waals surface area contributed by atoms with Gasteiger partial charge in [0.1, 0.15) is 0 Å². The summed E-state index contributed by atoms with van der Waals surface area (Å²) in [5.74, 6) is 0.102. The van der Waals surface area contributed by atoms with Gasteiger partial charge in [-0.05, 0) is 55.9 Å². The molecule has 0 unspecified atom stereocenters. The van der Waals surface area contributed by atoms with E-state index in [-0.39, 0.29) is 11.8 Å². The first-order valence-electron chi connectivity index (χ1n) is 11.3. The smallest absolute Gasteiger partial charge is 0.271 e. The largest absolute Gasteiger partial charge is 0.326 e. The number of amides is 2. The van der Waals surface area contributed by atoms with Crippen LogP contribution in [0.15, 0.2) is 29.4 Å². The minimum absolute atomic E-state index is 0.00824. The van der Waals surface area contributed by atoms with Gasteiger partial charge in [0.2, 0.25) is 5.91 Å². The van der Waals surface area contributed by atoms with E-state index in [0.29, 0.717) is 23.6 Å². The van der Waals surface area contributed by atoms with Gasteiger partial charge in [-0.1, -0.05) is 58.8 Å². The monoisotopic (exact) mass is 399 g/mol. The molecule has 0 aromatic heterocycles. The highest BCUT2D eigenvalue weighted by Gasteiger charge is 2.09. The van der Waals surface area contributed by atoms with Crippen molar-refractivity contribution < 1.29 is 9.59 Å². The van der Waals surface area contributed by atoms with E-state index in [2.05, 4.69) is 15.8 Å². The molecule has 1 saturated carbocycles. The van der Waals surface area contributed by atoms with E-state index in [4.69, 9.17) is 0 Å². The van der Waals surface area contributed by atoms with Crippen LogP contribution in [0.1, 0.15) is 101 Å². The SMILES string of the molecule is CC(C)CC(=O)Nc1ccc(C(=O)NN=C2CCCCCCCCCCC2)cc1. The van der Waals surface area contributed by atoms with Crippen LogP contribution in [0.5, 0.6) is 0 Å². The first-order valence-corrected chi connectivity index (χ1v) is 11.3. The van der Waals surface area contributed by atoms with Crippen LogP contribution in [-0.4, -0.2) is 17.5 Å². The van der Waals surface area contributed by atoms with E-state index < -0.39 is 0 Å². The van der Waals surface area contributed by atoms with Crippen molar-refractivity contribution in [3.8, 4) is 0 Å². The Morgan fingerprint density at radius 3 is 1.90 bits per heavy atom. The minimum Gasteiger partial charge on any atom is -0.326 e. The average molecular weight is 400 g/mol. The topological polar surface area (TPSA) is 70.6 Å². The number of hydrazone groups is 1. The summed E-state index contributed by atoms with van der Waals surface area (Å²) in [6.07, 6.45) is 13.9. The highest BCUT2D eigenvalue weighted by Crippen LogP contribution is 2.16. The molecule has 0 atom stereocenters. The Labute approximate surface area is 175 Å². The van der Waals surface area contributed by atoms with E-state index in [1.807, 2.05) is 13.8 Å². The van der Waals surface area contributed by atoms with Crippen molar-refractivity contribution in [2.45, 2.75) is 90.9 Å². The fraction of sp³-hybridized carbons (Fsp3) is 0.625. The van der Waals surface area contributed by atoms with E-state index in [1.54, 1.807) is 24.3 Å². The molecule has 5 nitrogen and oxygen atoms in total. The van der Waals surface area contributed by atoms with Gasteiger partial charge in [-0.25, -0.2) is 5.43 Å². The fourth-order valence-electron chi connectivity index (χ4n) is 3.61. The molecule has 160 valence electrons. The summed E-state index contributed by atoms with van der Waals surface area (Å²) in [7, 11) is 0. The number of carbonyl (C=O) groups is 2. The Kier molecular flexibility index (Phi) is 10.5. The van der Waals surface area contributed by atoms with Gasteiger partial charge in [0.05, 0.1) is 0 Å². The van der Waals surface area contributed by atoms with E-state index in [1.165, 1.54) is 44.9 Å². The molecule has 1 aromatic rings. The van der Waals surface area contributed by atoms with Crippen LogP contribution in [0.4, 0.5) is 5.69 Å². The normalized spacial score (nSPS) is 16.4. The summed E-state index contributed by atoms with van der Waals surface area (Å²) in [5.41, 5.74) is 5.09. The minimum atomic E-state index is -0.205. The van der Waals surface area contributed by atoms with Crippen molar-refractivity contribution in [2.75, 3.05) is 5.32 Å². The highest BCUT2D eigenvalue weighted by molar-refractivity contribution is 5.96. The van der Waals surface area contributed by atoms with Gasteiger partial charge in [0.15, 0.2) is 0 Å². The molecule has 1 fully saturated rings. The van der Waals surface area contributed by atoms with Gasteiger partial charge in [-0.3, -0.25) is 9.59 Å². The number of hydrogen-bond acceptors (Lipinski definition) is 3. The van der Waals surface area contributed by atoms with Gasteiger partial charge in [-0.15, -0.1) is 0 Å². The van der Waals surface area contributed by atoms with Crippen LogP contribution in [-0.2, 0) is 4.79 Å². The summed E-state index contributed by atoms with van der Waals surface area (Å²) in [6, 6.07) is 6.97. The second-order valence-corrected chi connectivity index (χ2v) is 8.52. The van der Waals surface area contributed by atoms with Crippen LogP contribution in [0.3, 0.4) is 0 Å². The molecule has 0 spiro atoms. The third-order valence-electron chi connectivity index (χ3n) is 5.27. The predicted octanol–water partition coefficient (Wildman–Crippen LogP) is 6.06. The maximum Gasteiger partial charge on any atom is 0.271 e. The Balaban J connectivity index is 1.87. The van der Waals surface area contributed by atoms with E-state index >= 15 is 0 Å². The van der Waals surface area contributed by atoms with Crippen molar-refractivity contribution in [1.82, 2.24) is 5.43 Å². The summed E-state index contributed by atoms with van der Waals surface area (Å²) in [4.78, 5) is 24.3. The Morgan fingerprint density at radius 1 is 0.862 bits per heavy atom. The highest BCUT2D eigenvalue weighted by atomic mass is 16.2. The molecule has 0 radical (unpaired) electrons. The molecule has 0 heterocycles.